The Balaban J connectivity index is 1.37. The third kappa shape index (κ3) is 4.72. The van der Waals surface area contributed by atoms with Crippen molar-refractivity contribution in [1.29, 1.82) is 0 Å². The highest BCUT2D eigenvalue weighted by atomic mass is 16.5. The smallest absolute Gasteiger partial charge is 0.255 e. The molecule has 2 aromatic carbocycles. The average Bonchev–Trinajstić information content (AvgIpc) is 3.27. The van der Waals surface area contributed by atoms with Gasteiger partial charge in [-0.25, -0.2) is 9.50 Å². The van der Waals surface area contributed by atoms with Crippen LogP contribution in [0.5, 0.6) is 5.75 Å². The first-order chi connectivity index (χ1) is 16.6. The Morgan fingerprint density at radius 3 is 2.62 bits per heavy atom. The summed E-state index contributed by atoms with van der Waals surface area (Å²) in [7, 11) is 2.18. The van der Waals surface area contributed by atoms with Crippen molar-refractivity contribution in [1.82, 2.24) is 19.5 Å². The second-order valence-electron chi connectivity index (χ2n) is 8.71. The summed E-state index contributed by atoms with van der Waals surface area (Å²) >= 11 is 0. The number of nitrogens with zero attached hydrogens (tertiary/aromatic N) is 4. The Labute approximate surface area is 198 Å². The first-order valence-electron chi connectivity index (χ1n) is 11.5. The molecular weight excluding hydrogens is 428 g/mol. The van der Waals surface area contributed by atoms with E-state index in [1.807, 2.05) is 40.9 Å². The summed E-state index contributed by atoms with van der Waals surface area (Å²) in [4.78, 5) is 18.0. The molecule has 1 aliphatic rings. The molecule has 0 bridgehead atoms. The topological polar surface area (TPSA) is 97.8 Å². The minimum absolute atomic E-state index is 0.185. The number of rotatable bonds is 7. The van der Waals surface area contributed by atoms with E-state index in [2.05, 4.69) is 46.5 Å². The van der Waals surface area contributed by atoms with E-state index >= 15 is 0 Å². The van der Waals surface area contributed by atoms with E-state index in [0.717, 1.165) is 35.6 Å². The number of hydrogen-bond acceptors (Lipinski definition) is 6. The van der Waals surface area contributed by atoms with Crippen LogP contribution in [0.1, 0.15) is 24.3 Å². The van der Waals surface area contributed by atoms with E-state index in [0.29, 0.717) is 17.6 Å². The average molecular weight is 457 g/mol. The lowest BCUT2D eigenvalue weighted by atomic mass is 9.89. The Morgan fingerprint density at radius 1 is 1.09 bits per heavy atom. The summed E-state index contributed by atoms with van der Waals surface area (Å²) in [5, 5.41) is 8.02. The van der Waals surface area contributed by atoms with Gasteiger partial charge in [-0.3, -0.25) is 4.79 Å². The molecule has 1 amide bonds. The predicted molar refractivity (Wildman–Crippen MR) is 132 cm³/mol. The fraction of sp³-hybridized carbons (Fsp3) is 0.269. The van der Waals surface area contributed by atoms with Gasteiger partial charge in [-0.1, -0.05) is 24.3 Å². The first-order valence-corrected chi connectivity index (χ1v) is 11.5. The van der Waals surface area contributed by atoms with Crippen LogP contribution in [0.4, 0.5) is 11.6 Å². The molecule has 0 radical (unpaired) electrons. The summed E-state index contributed by atoms with van der Waals surface area (Å²) in [5.74, 6) is 1.16. The molecule has 4 aromatic rings. The summed E-state index contributed by atoms with van der Waals surface area (Å²) in [5.41, 5.74) is 10.1. The second kappa shape index (κ2) is 9.52. The van der Waals surface area contributed by atoms with Gasteiger partial charge in [0.25, 0.3) is 5.91 Å². The highest BCUT2D eigenvalue weighted by Gasteiger charge is 2.18. The molecule has 0 spiro atoms. The van der Waals surface area contributed by atoms with Crippen molar-refractivity contribution in [3.8, 4) is 17.0 Å². The van der Waals surface area contributed by atoms with Crippen LogP contribution in [-0.2, 0) is 4.79 Å². The SMILES string of the molecule is CN1CCC(c2ccc(Nc3ncc4ccc(-c5ccccc5OCC(N)=O)n4n3)cc2)CC1. The minimum atomic E-state index is -0.523. The summed E-state index contributed by atoms with van der Waals surface area (Å²) in [6.45, 7) is 2.11. The molecule has 174 valence electrons. The largest absolute Gasteiger partial charge is 0.483 e. The number of nitrogens with two attached hydrogens (primary N) is 1. The zero-order chi connectivity index (χ0) is 23.5. The highest BCUT2D eigenvalue weighted by molar-refractivity contribution is 5.76. The summed E-state index contributed by atoms with van der Waals surface area (Å²) in [6, 6.07) is 20.0. The maximum Gasteiger partial charge on any atom is 0.255 e. The summed E-state index contributed by atoms with van der Waals surface area (Å²) < 4.78 is 7.43. The number of hydrogen-bond donors (Lipinski definition) is 2. The van der Waals surface area contributed by atoms with E-state index in [9.17, 15) is 4.79 Å². The molecule has 0 aliphatic carbocycles. The van der Waals surface area contributed by atoms with Gasteiger partial charge in [0.05, 0.1) is 17.4 Å². The van der Waals surface area contributed by atoms with Crippen LogP contribution < -0.4 is 15.8 Å². The molecule has 8 nitrogen and oxygen atoms in total. The third-order valence-electron chi connectivity index (χ3n) is 6.29. The van der Waals surface area contributed by atoms with Crippen molar-refractivity contribution in [3.05, 3.63) is 72.4 Å². The zero-order valence-electron chi connectivity index (χ0n) is 19.1. The predicted octanol–water partition coefficient (Wildman–Crippen LogP) is 3.81. The van der Waals surface area contributed by atoms with Gasteiger partial charge in [-0.2, -0.15) is 0 Å². The van der Waals surface area contributed by atoms with E-state index in [4.69, 9.17) is 15.6 Å². The number of amides is 1. The highest BCUT2D eigenvalue weighted by Crippen LogP contribution is 2.31. The number of nitrogens with one attached hydrogen (secondary N) is 1. The molecule has 34 heavy (non-hydrogen) atoms. The number of carbonyl (C=O) groups is 1. The maximum absolute atomic E-state index is 11.2. The number of carbonyl (C=O) groups excluding carboxylic acids is 1. The van der Waals surface area contributed by atoms with Crippen LogP contribution in [0.2, 0.25) is 0 Å². The summed E-state index contributed by atoms with van der Waals surface area (Å²) in [6.07, 6.45) is 4.17. The second-order valence-corrected chi connectivity index (χ2v) is 8.71. The van der Waals surface area contributed by atoms with Crippen molar-refractivity contribution < 1.29 is 9.53 Å². The molecule has 5 rings (SSSR count). The molecule has 1 fully saturated rings. The van der Waals surface area contributed by atoms with Crippen LogP contribution in [-0.4, -0.2) is 52.1 Å². The molecule has 2 aromatic heterocycles. The normalized spacial score (nSPS) is 14.9. The standard InChI is InChI=1S/C26H28N6O2/c1-31-14-12-19(13-15-31)18-6-8-20(9-7-18)29-26-28-16-21-10-11-23(32(21)30-26)22-4-2-3-5-24(22)34-17-25(27)33/h2-11,16,19H,12-15,17H2,1H3,(H2,27,33)(H,29,30). The lowest BCUT2D eigenvalue weighted by Crippen LogP contribution is -2.29. The molecule has 1 aliphatic heterocycles. The van der Waals surface area contributed by atoms with Crippen molar-refractivity contribution in [2.24, 2.45) is 5.73 Å². The quantitative estimate of drug-likeness (QED) is 0.439. The number of fused-ring (bicyclic) bond motifs is 1. The monoisotopic (exact) mass is 456 g/mol. The third-order valence-corrected chi connectivity index (χ3v) is 6.29. The Hall–Kier alpha value is -3.91. The minimum Gasteiger partial charge on any atom is -0.483 e. The number of likely N-dealkylation sites (tertiary alicyclic amines) is 1. The lowest BCUT2D eigenvalue weighted by Gasteiger charge is -2.29. The number of para-hydroxylation sites is 1. The zero-order valence-corrected chi connectivity index (χ0v) is 19.1. The first kappa shape index (κ1) is 21.9. The fourth-order valence-electron chi connectivity index (χ4n) is 4.43. The number of piperidine rings is 1. The molecule has 0 atom stereocenters. The van der Waals surface area contributed by atoms with Gasteiger partial charge in [-0.15, -0.1) is 5.10 Å². The van der Waals surface area contributed by atoms with Crippen molar-refractivity contribution in [3.63, 3.8) is 0 Å². The van der Waals surface area contributed by atoms with Gasteiger partial charge in [0, 0.05) is 11.3 Å². The van der Waals surface area contributed by atoms with Gasteiger partial charge in [0.1, 0.15) is 5.75 Å². The van der Waals surface area contributed by atoms with E-state index in [-0.39, 0.29) is 6.61 Å². The number of benzene rings is 2. The lowest BCUT2D eigenvalue weighted by molar-refractivity contribution is -0.119. The van der Waals surface area contributed by atoms with Gasteiger partial charge in [-0.05, 0) is 80.9 Å². The van der Waals surface area contributed by atoms with Crippen molar-refractivity contribution in [2.75, 3.05) is 32.1 Å². The van der Waals surface area contributed by atoms with E-state index in [1.54, 1.807) is 6.20 Å². The van der Waals surface area contributed by atoms with Crippen LogP contribution in [0.25, 0.3) is 16.8 Å². The molecule has 1 saturated heterocycles. The van der Waals surface area contributed by atoms with Gasteiger partial charge < -0.3 is 20.7 Å². The fourth-order valence-corrected chi connectivity index (χ4v) is 4.43. The van der Waals surface area contributed by atoms with Crippen molar-refractivity contribution >= 4 is 23.1 Å². The van der Waals surface area contributed by atoms with Crippen molar-refractivity contribution in [2.45, 2.75) is 18.8 Å². The molecule has 3 heterocycles. The van der Waals surface area contributed by atoms with E-state index in [1.165, 1.54) is 18.4 Å². The Bertz CT molecular complexity index is 1290. The van der Waals surface area contributed by atoms with Crippen LogP contribution >= 0.6 is 0 Å². The molecule has 0 saturated carbocycles. The van der Waals surface area contributed by atoms with Gasteiger partial charge in [0.2, 0.25) is 5.95 Å². The Morgan fingerprint density at radius 2 is 1.85 bits per heavy atom. The molecule has 0 unspecified atom stereocenters. The van der Waals surface area contributed by atoms with Crippen LogP contribution in [0.15, 0.2) is 66.9 Å². The maximum atomic E-state index is 11.2. The van der Waals surface area contributed by atoms with E-state index < -0.39 is 5.91 Å². The number of primary amides is 1. The van der Waals surface area contributed by atoms with Crippen LogP contribution in [0.3, 0.4) is 0 Å². The molecule has 8 heteroatoms. The number of anilines is 2. The Kier molecular flexibility index (Phi) is 6.14. The number of aromatic nitrogens is 3. The molecule has 3 N–H and O–H groups in total. The molecular formula is C26H28N6O2. The number of ether oxygens (including phenoxy) is 1. The van der Waals surface area contributed by atoms with Gasteiger partial charge in [0.15, 0.2) is 6.61 Å². The van der Waals surface area contributed by atoms with Gasteiger partial charge >= 0.3 is 0 Å². The van der Waals surface area contributed by atoms with Crippen LogP contribution in [0, 0.1) is 0 Å².